The molecule has 1 fully saturated rings. The van der Waals surface area contributed by atoms with E-state index >= 15 is 0 Å². The summed E-state index contributed by atoms with van der Waals surface area (Å²) in [5.74, 6) is -0.248. The van der Waals surface area contributed by atoms with Crippen molar-refractivity contribution in [1.29, 1.82) is 0 Å². The molecular formula is C19H22N2O2. The van der Waals surface area contributed by atoms with E-state index in [1.54, 1.807) is 0 Å². The van der Waals surface area contributed by atoms with Gasteiger partial charge in [-0.15, -0.1) is 0 Å². The summed E-state index contributed by atoms with van der Waals surface area (Å²) in [6, 6.07) is 15.7. The molecule has 1 amide bonds. The van der Waals surface area contributed by atoms with Crippen LogP contribution in [-0.4, -0.2) is 21.2 Å². The maximum absolute atomic E-state index is 12.2. The van der Waals surface area contributed by atoms with Gasteiger partial charge >= 0.3 is 0 Å². The molecule has 23 heavy (non-hydrogen) atoms. The van der Waals surface area contributed by atoms with Gasteiger partial charge in [0, 0.05) is 12.7 Å². The van der Waals surface area contributed by atoms with E-state index in [9.17, 15) is 9.90 Å². The quantitative estimate of drug-likeness (QED) is 0.944. The largest absolute Gasteiger partial charge is 0.389 e. The number of benzene rings is 1. The van der Waals surface area contributed by atoms with E-state index in [-0.39, 0.29) is 12.3 Å². The van der Waals surface area contributed by atoms with Crippen molar-refractivity contribution in [3.63, 3.8) is 0 Å². The Morgan fingerprint density at radius 1 is 1.09 bits per heavy atom. The third-order valence-corrected chi connectivity index (χ3v) is 4.37. The van der Waals surface area contributed by atoms with Gasteiger partial charge in [-0.25, -0.2) is 0 Å². The minimum absolute atomic E-state index is 0.118. The number of amides is 1. The van der Waals surface area contributed by atoms with Gasteiger partial charge in [0.15, 0.2) is 0 Å². The average molecular weight is 310 g/mol. The van der Waals surface area contributed by atoms with Crippen molar-refractivity contribution < 1.29 is 9.90 Å². The second-order valence-electron chi connectivity index (χ2n) is 6.29. The molecule has 0 radical (unpaired) electrons. The zero-order chi connectivity index (χ0) is 16.1. The lowest BCUT2D eigenvalue weighted by atomic mass is 9.98. The number of carbonyl (C=O) groups is 1. The van der Waals surface area contributed by atoms with Crippen molar-refractivity contribution in [1.82, 2.24) is 4.57 Å². The van der Waals surface area contributed by atoms with Crippen LogP contribution in [-0.2, 0) is 11.3 Å². The number of hydrogen-bond donors (Lipinski definition) is 1. The molecule has 0 spiro atoms. The fourth-order valence-electron chi connectivity index (χ4n) is 3.14. The Morgan fingerprint density at radius 3 is 2.52 bits per heavy atom. The summed E-state index contributed by atoms with van der Waals surface area (Å²) < 4.78 is 1.95. The molecule has 0 atom stereocenters. The minimum Gasteiger partial charge on any atom is -0.389 e. The highest BCUT2D eigenvalue weighted by molar-refractivity contribution is 5.77. The number of aliphatic hydroxyl groups is 1. The molecule has 0 bridgehead atoms. The second kappa shape index (κ2) is 6.92. The number of carbonyl (C=O) groups excluding carboxylic acids is 1. The van der Waals surface area contributed by atoms with E-state index in [4.69, 9.17) is 0 Å². The van der Waals surface area contributed by atoms with Gasteiger partial charge in [-0.1, -0.05) is 49.2 Å². The Kier molecular flexibility index (Phi) is 4.72. The van der Waals surface area contributed by atoms with Gasteiger partial charge in [0.2, 0.25) is 0 Å². The Labute approximate surface area is 136 Å². The van der Waals surface area contributed by atoms with E-state index in [1.165, 1.54) is 0 Å². The highest BCUT2D eigenvalue weighted by Crippen LogP contribution is 2.32. The molecule has 1 N–H and O–H groups in total. The lowest BCUT2D eigenvalue weighted by Gasteiger charge is -2.19. The lowest BCUT2D eigenvalue weighted by Crippen LogP contribution is -2.29. The number of rotatable bonds is 4. The van der Waals surface area contributed by atoms with Gasteiger partial charge in [0.25, 0.3) is 5.91 Å². The Balaban J connectivity index is 1.80. The van der Waals surface area contributed by atoms with Gasteiger partial charge in [0.05, 0.1) is 12.0 Å². The summed E-state index contributed by atoms with van der Waals surface area (Å²) in [6.07, 6.45) is 5.42. The molecule has 1 aliphatic carbocycles. The standard InChI is InChI=1S/C19H22N2O2/c22-18(14-19(23)11-5-6-12-19)20-17-10-4-7-13-21(17)15-16-8-2-1-3-9-16/h1-4,7-10,13,23H,5-6,11-12,14-15H2. The average Bonchev–Trinajstić information content (AvgIpc) is 2.96. The van der Waals surface area contributed by atoms with Gasteiger partial charge in [-0.3, -0.25) is 4.79 Å². The zero-order valence-corrected chi connectivity index (χ0v) is 13.2. The predicted molar refractivity (Wildman–Crippen MR) is 88.6 cm³/mol. The molecule has 4 heteroatoms. The lowest BCUT2D eigenvalue weighted by molar-refractivity contribution is -0.122. The molecule has 1 heterocycles. The Hall–Kier alpha value is -2.20. The van der Waals surface area contributed by atoms with Gasteiger partial charge in [-0.05, 0) is 30.5 Å². The van der Waals surface area contributed by atoms with E-state index in [2.05, 4.69) is 4.99 Å². The molecule has 1 aromatic heterocycles. The Morgan fingerprint density at radius 2 is 1.78 bits per heavy atom. The topological polar surface area (TPSA) is 54.6 Å². The zero-order valence-electron chi connectivity index (χ0n) is 13.2. The van der Waals surface area contributed by atoms with E-state index in [0.29, 0.717) is 24.9 Å². The highest BCUT2D eigenvalue weighted by Gasteiger charge is 2.33. The van der Waals surface area contributed by atoms with Crippen molar-refractivity contribution in [3.8, 4) is 0 Å². The summed E-state index contributed by atoms with van der Waals surface area (Å²) in [5.41, 5.74) is 0.935. The molecule has 120 valence electrons. The first-order valence-corrected chi connectivity index (χ1v) is 8.14. The van der Waals surface area contributed by atoms with Crippen LogP contribution in [0.4, 0.5) is 0 Å². The third kappa shape index (κ3) is 4.17. The van der Waals surface area contributed by atoms with E-state index < -0.39 is 5.60 Å². The molecule has 0 aliphatic heterocycles. The predicted octanol–water partition coefficient (Wildman–Crippen LogP) is 2.66. The van der Waals surface area contributed by atoms with Crippen LogP contribution in [0.5, 0.6) is 0 Å². The third-order valence-electron chi connectivity index (χ3n) is 4.37. The van der Waals surface area contributed by atoms with Crippen molar-refractivity contribution in [3.05, 3.63) is 65.8 Å². The maximum Gasteiger partial charge on any atom is 0.250 e. The summed E-state index contributed by atoms with van der Waals surface area (Å²) in [5, 5.41) is 10.4. The van der Waals surface area contributed by atoms with Crippen LogP contribution in [0.3, 0.4) is 0 Å². The molecule has 4 nitrogen and oxygen atoms in total. The van der Waals surface area contributed by atoms with Crippen LogP contribution < -0.4 is 5.49 Å². The van der Waals surface area contributed by atoms with E-state index in [1.807, 2.05) is 59.3 Å². The van der Waals surface area contributed by atoms with Crippen molar-refractivity contribution in [2.45, 2.75) is 44.2 Å². The molecule has 0 unspecified atom stereocenters. The number of aromatic nitrogens is 1. The first-order chi connectivity index (χ1) is 11.1. The second-order valence-corrected chi connectivity index (χ2v) is 6.29. The van der Waals surface area contributed by atoms with Crippen LogP contribution in [0.25, 0.3) is 0 Å². The minimum atomic E-state index is -0.848. The smallest absolute Gasteiger partial charge is 0.250 e. The number of pyridine rings is 1. The van der Waals surface area contributed by atoms with Crippen LogP contribution in [0.1, 0.15) is 37.7 Å². The number of nitrogens with zero attached hydrogens (tertiary/aromatic N) is 2. The molecule has 0 saturated heterocycles. The first-order valence-electron chi connectivity index (χ1n) is 8.14. The van der Waals surface area contributed by atoms with Crippen LogP contribution in [0.2, 0.25) is 0 Å². The van der Waals surface area contributed by atoms with Crippen molar-refractivity contribution in [2.24, 2.45) is 4.99 Å². The fourth-order valence-corrected chi connectivity index (χ4v) is 3.14. The monoisotopic (exact) mass is 310 g/mol. The van der Waals surface area contributed by atoms with Gasteiger partial charge < -0.3 is 9.67 Å². The molecule has 3 rings (SSSR count). The normalized spacial score (nSPS) is 17.3. The van der Waals surface area contributed by atoms with Crippen molar-refractivity contribution >= 4 is 5.91 Å². The summed E-state index contributed by atoms with van der Waals surface area (Å²) in [7, 11) is 0. The van der Waals surface area contributed by atoms with Crippen molar-refractivity contribution in [2.75, 3.05) is 0 Å². The molecule has 1 aromatic carbocycles. The highest BCUT2D eigenvalue weighted by atomic mass is 16.3. The van der Waals surface area contributed by atoms with Crippen LogP contribution in [0.15, 0.2) is 59.7 Å². The molecule has 1 saturated carbocycles. The van der Waals surface area contributed by atoms with Gasteiger partial charge in [0.1, 0.15) is 5.49 Å². The summed E-state index contributed by atoms with van der Waals surface area (Å²) >= 11 is 0. The van der Waals surface area contributed by atoms with Crippen LogP contribution in [0, 0.1) is 0 Å². The Bertz CT molecular complexity index is 728. The summed E-state index contributed by atoms with van der Waals surface area (Å²) in [6.45, 7) is 0.665. The summed E-state index contributed by atoms with van der Waals surface area (Å²) in [4.78, 5) is 16.5. The SMILES string of the molecule is O=C(CC1(O)CCCC1)N=c1ccccn1Cc1ccccc1. The molecule has 1 aliphatic rings. The van der Waals surface area contributed by atoms with E-state index in [0.717, 1.165) is 18.4 Å². The number of hydrogen-bond acceptors (Lipinski definition) is 2. The van der Waals surface area contributed by atoms with Crippen LogP contribution >= 0.6 is 0 Å². The maximum atomic E-state index is 12.2. The fraction of sp³-hybridized carbons (Fsp3) is 0.368. The molecular weight excluding hydrogens is 288 g/mol. The molecule has 2 aromatic rings. The first kappa shape index (κ1) is 15.7. The van der Waals surface area contributed by atoms with Gasteiger partial charge in [-0.2, -0.15) is 4.99 Å².